The maximum absolute atomic E-state index is 5.64. The highest BCUT2D eigenvalue weighted by molar-refractivity contribution is 7.18. The second-order valence-corrected chi connectivity index (χ2v) is 6.41. The summed E-state index contributed by atoms with van der Waals surface area (Å²) in [7, 11) is 0. The summed E-state index contributed by atoms with van der Waals surface area (Å²) < 4.78 is 11.0. The van der Waals surface area contributed by atoms with Gasteiger partial charge in [0.2, 0.25) is 0 Å². The molecule has 1 aromatic carbocycles. The Kier molecular flexibility index (Phi) is 4.08. The van der Waals surface area contributed by atoms with Crippen molar-refractivity contribution in [3.63, 3.8) is 0 Å². The van der Waals surface area contributed by atoms with Gasteiger partial charge in [-0.15, -0.1) is 0 Å². The highest BCUT2D eigenvalue weighted by Crippen LogP contribution is 2.33. The van der Waals surface area contributed by atoms with E-state index in [1.165, 1.54) is 12.0 Å². The topological polar surface area (TPSA) is 51.4 Å². The molecule has 3 heterocycles. The van der Waals surface area contributed by atoms with Crippen molar-refractivity contribution < 1.29 is 9.15 Å². The summed E-state index contributed by atoms with van der Waals surface area (Å²) in [4.78, 5) is 12.2. The molecule has 4 rings (SSSR count). The van der Waals surface area contributed by atoms with E-state index < -0.39 is 0 Å². The number of hydrogen-bond acceptors (Lipinski definition) is 6. The van der Waals surface area contributed by atoms with Crippen LogP contribution in [0.25, 0.3) is 10.6 Å². The van der Waals surface area contributed by atoms with Crippen LogP contribution in [0.2, 0.25) is 0 Å². The molecular weight excluding hydrogens is 310 g/mol. The Morgan fingerprint density at radius 2 is 1.91 bits per heavy atom. The largest absolute Gasteiger partial charge is 0.442 e. The van der Waals surface area contributed by atoms with E-state index in [4.69, 9.17) is 9.15 Å². The lowest BCUT2D eigenvalue weighted by Crippen LogP contribution is -2.36. The number of ether oxygens (including phenoxy) is 1. The summed E-state index contributed by atoms with van der Waals surface area (Å²) in [6, 6.07) is 10.3. The number of thiazole rings is 1. The molecule has 3 aromatic rings. The first-order valence-electron chi connectivity index (χ1n) is 7.65. The molecule has 1 aliphatic rings. The molecule has 0 amide bonds. The predicted molar refractivity (Wildman–Crippen MR) is 89.9 cm³/mol. The molecule has 5 nitrogen and oxygen atoms in total. The van der Waals surface area contributed by atoms with Crippen molar-refractivity contribution in [3.8, 4) is 10.6 Å². The Hall–Kier alpha value is -2.18. The third-order valence-corrected chi connectivity index (χ3v) is 4.91. The van der Waals surface area contributed by atoms with Crippen LogP contribution in [-0.4, -0.2) is 36.3 Å². The Morgan fingerprint density at radius 3 is 2.74 bits per heavy atom. The maximum Gasteiger partial charge on any atom is 0.186 e. The Balaban J connectivity index is 1.57. The van der Waals surface area contributed by atoms with Gasteiger partial charge in [0.1, 0.15) is 0 Å². The number of oxazole rings is 1. The van der Waals surface area contributed by atoms with E-state index in [9.17, 15) is 0 Å². The average molecular weight is 327 g/mol. The minimum absolute atomic E-state index is 0.760. The van der Waals surface area contributed by atoms with Gasteiger partial charge >= 0.3 is 0 Å². The van der Waals surface area contributed by atoms with Gasteiger partial charge in [0, 0.05) is 19.5 Å². The van der Waals surface area contributed by atoms with E-state index in [2.05, 4.69) is 27.0 Å². The number of benzene rings is 1. The molecule has 0 atom stereocenters. The Labute approximate surface area is 138 Å². The highest BCUT2D eigenvalue weighted by atomic mass is 32.1. The molecule has 0 aliphatic carbocycles. The SMILES string of the molecule is c1ccc(Cc2ncoc2-c2cnc(N3CCOCC3)s2)cc1. The molecule has 0 bridgehead atoms. The van der Waals surface area contributed by atoms with Crippen LogP contribution in [0.1, 0.15) is 11.3 Å². The minimum atomic E-state index is 0.760. The molecule has 0 N–H and O–H groups in total. The number of nitrogens with zero attached hydrogens (tertiary/aromatic N) is 3. The van der Waals surface area contributed by atoms with Crippen LogP contribution in [0.5, 0.6) is 0 Å². The van der Waals surface area contributed by atoms with Crippen LogP contribution in [-0.2, 0) is 11.2 Å². The summed E-state index contributed by atoms with van der Waals surface area (Å²) in [6.45, 7) is 3.30. The fraction of sp³-hybridized carbons (Fsp3) is 0.294. The fourth-order valence-corrected chi connectivity index (χ4v) is 3.63. The van der Waals surface area contributed by atoms with Crippen LogP contribution in [0.4, 0.5) is 5.13 Å². The molecule has 23 heavy (non-hydrogen) atoms. The van der Waals surface area contributed by atoms with Gasteiger partial charge < -0.3 is 14.1 Å². The van der Waals surface area contributed by atoms with Crippen molar-refractivity contribution in [2.75, 3.05) is 31.2 Å². The zero-order valence-electron chi connectivity index (χ0n) is 12.6. The monoisotopic (exact) mass is 327 g/mol. The quantitative estimate of drug-likeness (QED) is 0.736. The fourth-order valence-electron chi connectivity index (χ4n) is 2.66. The van der Waals surface area contributed by atoms with Gasteiger partial charge in [-0.2, -0.15) is 0 Å². The van der Waals surface area contributed by atoms with E-state index in [-0.39, 0.29) is 0 Å². The second kappa shape index (κ2) is 6.52. The van der Waals surface area contributed by atoms with Crippen molar-refractivity contribution in [1.82, 2.24) is 9.97 Å². The molecule has 118 valence electrons. The van der Waals surface area contributed by atoms with Gasteiger partial charge in [-0.25, -0.2) is 9.97 Å². The maximum atomic E-state index is 5.64. The number of anilines is 1. The molecule has 1 saturated heterocycles. The van der Waals surface area contributed by atoms with Crippen molar-refractivity contribution in [2.24, 2.45) is 0 Å². The number of rotatable bonds is 4. The smallest absolute Gasteiger partial charge is 0.186 e. The van der Waals surface area contributed by atoms with E-state index in [1.807, 2.05) is 24.4 Å². The van der Waals surface area contributed by atoms with E-state index in [0.717, 1.165) is 54.2 Å². The number of hydrogen-bond donors (Lipinski definition) is 0. The summed E-state index contributed by atoms with van der Waals surface area (Å²) in [5.41, 5.74) is 2.17. The van der Waals surface area contributed by atoms with Crippen LogP contribution in [0.15, 0.2) is 47.3 Å². The van der Waals surface area contributed by atoms with E-state index in [0.29, 0.717) is 0 Å². The second-order valence-electron chi connectivity index (χ2n) is 5.40. The van der Waals surface area contributed by atoms with Gasteiger partial charge in [-0.3, -0.25) is 0 Å². The van der Waals surface area contributed by atoms with Crippen LogP contribution in [0, 0.1) is 0 Å². The van der Waals surface area contributed by atoms with Crippen molar-refractivity contribution in [2.45, 2.75) is 6.42 Å². The van der Waals surface area contributed by atoms with Crippen molar-refractivity contribution in [1.29, 1.82) is 0 Å². The van der Waals surface area contributed by atoms with Crippen molar-refractivity contribution in [3.05, 3.63) is 54.2 Å². The summed E-state index contributed by atoms with van der Waals surface area (Å²) in [6.07, 6.45) is 4.16. The van der Waals surface area contributed by atoms with E-state index in [1.54, 1.807) is 11.3 Å². The standard InChI is InChI=1S/C17H17N3O2S/c1-2-4-13(5-3-1)10-14-16(22-12-19-14)15-11-18-17(23-15)20-6-8-21-9-7-20/h1-5,11-12H,6-10H2. The van der Waals surface area contributed by atoms with Gasteiger partial charge in [-0.1, -0.05) is 41.7 Å². The normalized spacial score (nSPS) is 15.0. The summed E-state index contributed by atoms with van der Waals surface area (Å²) in [5.74, 6) is 0.825. The Morgan fingerprint density at radius 1 is 1.09 bits per heavy atom. The lowest BCUT2D eigenvalue weighted by Gasteiger charge is -2.25. The van der Waals surface area contributed by atoms with Gasteiger partial charge in [0.05, 0.1) is 30.0 Å². The third-order valence-electron chi connectivity index (χ3n) is 3.85. The Bertz CT molecular complexity index is 763. The molecule has 0 saturated carbocycles. The minimum Gasteiger partial charge on any atom is -0.442 e. The van der Waals surface area contributed by atoms with Gasteiger partial charge in [0.15, 0.2) is 17.3 Å². The van der Waals surface area contributed by atoms with Crippen LogP contribution in [0.3, 0.4) is 0 Å². The number of morpholine rings is 1. The van der Waals surface area contributed by atoms with E-state index >= 15 is 0 Å². The summed E-state index contributed by atoms with van der Waals surface area (Å²) >= 11 is 1.65. The molecule has 0 radical (unpaired) electrons. The molecule has 6 heteroatoms. The van der Waals surface area contributed by atoms with Crippen molar-refractivity contribution >= 4 is 16.5 Å². The number of aromatic nitrogens is 2. The lowest BCUT2D eigenvalue weighted by atomic mass is 10.1. The zero-order valence-corrected chi connectivity index (χ0v) is 13.5. The summed E-state index contributed by atoms with van der Waals surface area (Å²) in [5, 5.41) is 1.02. The zero-order chi connectivity index (χ0) is 15.5. The molecule has 1 aliphatic heterocycles. The van der Waals surface area contributed by atoms with Crippen LogP contribution < -0.4 is 4.90 Å². The lowest BCUT2D eigenvalue weighted by molar-refractivity contribution is 0.122. The first kappa shape index (κ1) is 14.4. The molecule has 0 unspecified atom stereocenters. The first-order chi connectivity index (χ1) is 11.4. The third kappa shape index (κ3) is 3.13. The van der Waals surface area contributed by atoms with Gasteiger partial charge in [-0.05, 0) is 5.56 Å². The molecule has 2 aromatic heterocycles. The first-order valence-corrected chi connectivity index (χ1v) is 8.47. The molecule has 1 fully saturated rings. The molecule has 0 spiro atoms. The predicted octanol–water partition coefficient (Wildman–Crippen LogP) is 3.23. The average Bonchev–Trinajstić information content (AvgIpc) is 3.25. The van der Waals surface area contributed by atoms with Gasteiger partial charge in [0.25, 0.3) is 0 Å². The highest BCUT2D eigenvalue weighted by Gasteiger charge is 2.18. The molecular formula is C17H17N3O2S. The van der Waals surface area contributed by atoms with Crippen LogP contribution >= 0.6 is 11.3 Å².